The fraction of sp³-hybridized carbons (Fsp3) is 0.238. The Hall–Kier alpha value is -3.08. The molecule has 1 aromatic heterocycles. The van der Waals surface area contributed by atoms with Crippen LogP contribution >= 0.6 is 0 Å². The Morgan fingerprint density at radius 2 is 1.77 bits per heavy atom. The molecule has 5 nitrogen and oxygen atoms in total. The number of nitrogens with one attached hydrogen (secondary N) is 1. The minimum atomic E-state index is -0.391. The number of benzene rings is 2. The number of carbonyl (C=O) groups excluding carboxylic acids is 2. The van der Waals surface area contributed by atoms with Crippen LogP contribution in [-0.4, -0.2) is 23.6 Å². The first-order valence-corrected chi connectivity index (χ1v) is 8.62. The summed E-state index contributed by atoms with van der Waals surface area (Å²) in [5.41, 5.74) is 1.99. The van der Waals surface area contributed by atoms with Gasteiger partial charge in [-0.3, -0.25) is 9.59 Å². The Kier molecular flexibility index (Phi) is 5.69. The Balaban J connectivity index is 1.65. The van der Waals surface area contributed by atoms with Gasteiger partial charge in [-0.2, -0.15) is 0 Å². The molecule has 1 N–H and O–H groups in total. The number of nitrogens with zero attached hydrogens (tertiary/aromatic N) is 1. The number of aryl methyl sites for hydroxylation is 1. The summed E-state index contributed by atoms with van der Waals surface area (Å²) in [6.07, 6.45) is 2.43. The molecule has 5 heteroatoms. The smallest absolute Gasteiger partial charge is 0.307 e. The average molecular weight is 350 g/mol. The van der Waals surface area contributed by atoms with E-state index >= 15 is 0 Å². The molecule has 1 atom stereocenters. The van der Waals surface area contributed by atoms with Crippen LogP contribution in [0, 0.1) is 0 Å². The summed E-state index contributed by atoms with van der Waals surface area (Å²) in [5, 5.41) is 4.11. The number of hydrogen-bond acceptors (Lipinski definition) is 3. The van der Waals surface area contributed by atoms with E-state index < -0.39 is 6.04 Å². The third-order valence-electron chi connectivity index (χ3n) is 4.40. The number of rotatable bonds is 7. The lowest BCUT2D eigenvalue weighted by molar-refractivity contribution is -0.141. The highest BCUT2D eigenvalue weighted by Gasteiger charge is 2.18. The number of fused-ring (bicyclic) bond motifs is 1. The summed E-state index contributed by atoms with van der Waals surface area (Å²) < 4.78 is 6.82. The van der Waals surface area contributed by atoms with E-state index in [9.17, 15) is 9.59 Å². The van der Waals surface area contributed by atoms with Crippen molar-refractivity contribution in [2.75, 3.05) is 7.11 Å². The molecule has 1 amide bonds. The molecule has 0 aliphatic carbocycles. The van der Waals surface area contributed by atoms with Gasteiger partial charge in [0, 0.05) is 24.7 Å². The van der Waals surface area contributed by atoms with Gasteiger partial charge in [-0.25, -0.2) is 0 Å². The van der Waals surface area contributed by atoms with Crippen molar-refractivity contribution in [3.63, 3.8) is 0 Å². The van der Waals surface area contributed by atoms with Crippen LogP contribution in [0.25, 0.3) is 10.9 Å². The maximum atomic E-state index is 12.5. The second-order valence-electron chi connectivity index (χ2n) is 6.13. The van der Waals surface area contributed by atoms with Crippen LogP contribution in [0.1, 0.15) is 24.4 Å². The van der Waals surface area contributed by atoms with Crippen LogP contribution in [0.5, 0.6) is 0 Å². The van der Waals surface area contributed by atoms with Gasteiger partial charge in [-0.1, -0.05) is 48.5 Å². The third-order valence-corrected chi connectivity index (χ3v) is 4.40. The Bertz CT molecular complexity index is 886. The summed E-state index contributed by atoms with van der Waals surface area (Å²) in [6.45, 7) is 0.582. The second-order valence-corrected chi connectivity index (χ2v) is 6.13. The summed E-state index contributed by atoms with van der Waals surface area (Å²) in [5.74, 6) is -0.448. The van der Waals surface area contributed by atoms with Crippen molar-refractivity contribution < 1.29 is 14.3 Å². The van der Waals surface area contributed by atoms with Crippen molar-refractivity contribution in [1.29, 1.82) is 0 Å². The lowest BCUT2D eigenvalue weighted by Crippen LogP contribution is -2.31. The topological polar surface area (TPSA) is 60.3 Å². The molecular formula is C21H22N2O3. The Morgan fingerprint density at radius 1 is 1.04 bits per heavy atom. The lowest BCUT2D eigenvalue weighted by atomic mass is 10.0. The lowest BCUT2D eigenvalue weighted by Gasteiger charge is -2.18. The summed E-state index contributed by atoms with van der Waals surface area (Å²) >= 11 is 0. The van der Waals surface area contributed by atoms with Crippen LogP contribution in [0.4, 0.5) is 0 Å². The summed E-state index contributed by atoms with van der Waals surface area (Å²) in [6, 6.07) is 19.2. The van der Waals surface area contributed by atoms with E-state index in [0.29, 0.717) is 13.0 Å². The van der Waals surface area contributed by atoms with E-state index in [2.05, 4.69) is 9.88 Å². The molecule has 0 bridgehead atoms. The molecule has 0 aliphatic heterocycles. The van der Waals surface area contributed by atoms with Gasteiger partial charge in [0.1, 0.15) is 0 Å². The molecule has 26 heavy (non-hydrogen) atoms. The SMILES string of the molecule is COC(=O)CC(NC(=O)CCn1ccc2ccccc21)c1ccccc1. The van der Waals surface area contributed by atoms with E-state index in [1.165, 1.54) is 7.11 Å². The number of amides is 1. The van der Waals surface area contributed by atoms with Crippen molar-refractivity contribution in [3.8, 4) is 0 Å². The van der Waals surface area contributed by atoms with E-state index in [4.69, 9.17) is 4.74 Å². The fourth-order valence-corrected chi connectivity index (χ4v) is 3.01. The highest BCUT2D eigenvalue weighted by atomic mass is 16.5. The number of para-hydroxylation sites is 1. The Labute approximate surface area is 152 Å². The van der Waals surface area contributed by atoms with Crippen LogP contribution in [-0.2, 0) is 20.9 Å². The standard InChI is InChI=1S/C21H22N2O3/c1-26-21(25)15-18(16-7-3-2-4-8-16)22-20(24)12-14-23-13-11-17-9-5-6-10-19(17)23/h2-11,13,18H,12,14-15H2,1H3,(H,22,24). The predicted octanol–water partition coefficient (Wildman–Crippen LogP) is 3.45. The molecular weight excluding hydrogens is 328 g/mol. The number of ether oxygens (including phenoxy) is 1. The largest absolute Gasteiger partial charge is 0.469 e. The normalized spacial score (nSPS) is 11.9. The van der Waals surface area contributed by atoms with E-state index in [0.717, 1.165) is 16.5 Å². The first kappa shape index (κ1) is 17.7. The minimum absolute atomic E-state index is 0.0967. The monoisotopic (exact) mass is 350 g/mol. The Morgan fingerprint density at radius 3 is 2.54 bits per heavy atom. The molecule has 0 saturated carbocycles. The van der Waals surface area contributed by atoms with Gasteiger partial charge in [0.25, 0.3) is 0 Å². The zero-order valence-corrected chi connectivity index (χ0v) is 14.7. The number of hydrogen-bond donors (Lipinski definition) is 1. The van der Waals surface area contributed by atoms with Gasteiger partial charge in [0.05, 0.1) is 19.6 Å². The predicted molar refractivity (Wildman–Crippen MR) is 101 cm³/mol. The number of esters is 1. The molecule has 1 heterocycles. The number of methoxy groups -OCH3 is 1. The minimum Gasteiger partial charge on any atom is -0.469 e. The van der Waals surface area contributed by atoms with Gasteiger partial charge in [-0.15, -0.1) is 0 Å². The van der Waals surface area contributed by atoms with Crippen LogP contribution < -0.4 is 5.32 Å². The molecule has 0 fully saturated rings. The van der Waals surface area contributed by atoms with Crippen molar-refractivity contribution in [1.82, 2.24) is 9.88 Å². The molecule has 0 radical (unpaired) electrons. The summed E-state index contributed by atoms with van der Waals surface area (Å²) in [7, 11) is 1.35. The first-order chi connectivity index (χ1) is 12.7. The summed E-state index contributed by atoms with van der Waals surface area (Å²) in [4.78, 5) is 24.1. The van der Waals surface area contributed by atoms with Crippen LogP contribution in [0.3, 0.4) is 0 Å². The third kappa shape index (κ3) is 4.30. The van der Waals surface area contributed by atoms with Gasteiger partial charge in [-0.05, 0) is 23.1 Å². The van der Waals surface area contributed by atoms with Crippen LogP contribution in [0.15, 0.2) is 66.9 Å². The number of aromatic nitrogens is 1. The average Bonchev–Trinajstić information content (AvgIpc) is 3.09. The fourth-order valence-electron chi connectivity index (χ4n) is 3.01. The molecule has 0 spiro atoms. The molecule has 3 aromatic rings. The van der Waals surface area contributed by atoms with E-state index in [1.54, 1.807) is 0 Å². The van der Waals surface area contributed by atoms with E-state index in [-0.39, 0.29) is 18.3 Å². The quantitative estimate of drug-likeness (QED) is 0.664. The maximum Gasteiger partial charge on any atom is 0.307 e. The zero-order valence-electron chi connectivity index (χ0n) is 14.7. The first-order valence-electron chi connectivity index (χ1n) is 8.62. The molecule has 2 aromatic carbocycles. The highest BCUT2D eigenvalue weighted by Crippen LogP contribution is 2.18. The van der Waals surface area contributed by atoms with Crippen molar-refractivity contribution in [3.05, 3.63) is 72.4 Å². The molecule has 0 saturated heterocycles. The molecule has 3 rings (SSSR count). The van der Waals surface area contributed by atoms with Gasteiger partial charge >= 0.3 is 5.97 Å². The van der Waals surface area contributed by atoms with Gasteiger partial charge in [0.15, 0.2) is 0 Å². The second kappa shape index (κ2) is 8.34. The molecule has 0 aliphatic rings. The van der Waals surface area contributed by atoms with Gasteiger partial charge < -0.3 is 14.6 Å². The van der Waals surface area contributed by atoms with Crippen molar-refractivity contribution in [2.45, 2.75) is 25.4 Å². The van der Waals surface area contributed by atoms with Crippen molar-refractivity contribution >= 4 is 22.8 Å². The molecule has 1 unspecified atom stereocenters. The van der Waals surface area contributed by atoms with Crippen molar-refractivity contribution in [2.24, 2.45) is 0 Å². The van der Waals surface area contributed by atoms with Crippen LogP contribution in [0.2, 0.25) is 0 Å². The van der Waals surface area contributed by atoms with Gasteiger partial charge in [0.2, 0.25) is 5.91 Å². The maximum absolute atomic E-state index is 12.5. The molecule has 134 valence electrons. The number of carbonyl (C=O) groups is 2. The zero-order chi connectivity index (χ0) is 18.4. The highest BCUT2D eigenvalue weighted by molar-refractivity contribution is 5.81. The van der Waals surface area contributed by atoms with E-state index in [1.807, 2.05) is 66.9 Å².